The highest BCUT2D eigenvalue weighted by molar-refractivity contribution is 5.87. The molecular formula is C31H33NO4. The Morgan fingerprint density at radius 3 is 2.42 bits per heavy atom. The molecule has 0 aliphatic carbocycles. The van der Waals surface area contributed by atoms with Crippen LogP contribution < -0.4 is 10.4 Å². The normalized spacial score (nSPS) is 14.2. The third-order valence-corrected chi connectivity index (χ3v) is 7.05. The maximum Gasteiger partial charge on any atom is 0.344 e. The molecule has 0 radical (unpaired) electrons. The van der Waals surface area contributed by atoms with E-state index >= 15 is 0 Å². The number of fused-ring (bicyclic) bond motifs is 1. The number of aryl methyl sites for hydroxylation is 3. The largest absolute Gasteiger partial charge is 0.508 e. The molecule has 0 amide bonds. The first-order chi connectivity index (χ1) is 17.6. The van der Waals surface area contributed by atoms with Crippen LogP contribution in [0.4, 0.5) is 0 Å². The number of nitrogens with zero attached hydrogens (tertiary/aromatic N) is 1. The van der Waals surface area contributed by atoms with Crippen molar-refractivity contribution >= 4 is 11.0 Å². The Labute approximate surface area is 212 Å². The van der Waals surface area contributed by atoms with E-state index in [1.807, 2.05) is 49.4 Å². The first kappa shape index (κ1) is 24.1. The summed E-state index contributed by atoms with van der Waals surface area (Å²) >= 11 is 0. The zero-order valence-electron chi connectivity index (χ0n) is 20.8. The maximum absolute atomic E-state index is 13.1. The average Bonchev–Trinajstić information content (AvgIpc) is 2.89. The molecule has 0 unspecified atom stereocenters. The molecule has 2 heterocycles. The average molecular weight is 484 g/mol. The van der Waals surface area contributed by atoms with Gasteiger partial charge in [-0.15, -0.1) is 0 Å². The second-order valence-electron chi connectivity index (χ2n) is 9.68. The number of hydrogen-bond acceptors (Lipinski definition) is 5. The van der Waals surface area contributed by atoms with Gasteiger partial charge in [0, 0.05) is 18.0 Å². The molecule has 1 N–H and O–H groups in total. The molecule has 0 spiro atoms. The van der Waals surface area contributed by atoms with Gasteiger partial charge in [0.2, 0.25) is 0 Å². The van der Waals surface area contributed by atoms with Gasteiger partial charge in [0.25, 0.3) is 0 Å². The third-order valence-electron chi connectivity index (χ3n) is 7.05. The maximum atomic E-state index is 13.1. The fourth-order valence-corrected chi connectivity index (χ4v) is 5.02. The van der Waals surface area contributed by atoms with Crippen molar-refractivity contribution in [2.24, 2.45) is 0 Å². The van der Waals surface area contributed by atoms with E-state index in [0.29, 0.717) is 24.2 Å². The minimum Gasteiger partial charge on any atom is -0.508 e. The van der Waals surface area contributed by atoms with Crippen LogP contribution in [-0.4, -0.2) is 36.2 Å². The van der Waals surface area contributed by atoms with Crippen LogP contribution in [0.1, 0.15) is 36.0 Å². The monoisotopic (exact) mass is 483 g/mol. The lowest BCUT2D eigenvalue weighted by atomic mass is 9.93. The summed E-state index contributed by atoms with van der Waals surface area (Å²) in [6.45, 7) is 6.07. The molecule has 0 atom stereocenters. The van der Waals surface area contributed by atoms with E-state index in [4.69, 9.17) is 9.15 Å². The molecule has 5 rings (SSSR count). The molecule has 1 saturated heterocycles. The lowest BCUT2D eigenvalue weighted by molar-refractivity contribution is 0.183. The Kier molecular flexibility index (Phi) is 7.38. The SMILES string of the molecule is Cc1ccc(-c2c(CCc3ccc(OCCN4CCCCC4)cc3)c3ccc(O)cc3oc2=O)cc1. The quantitative estimate of drug-likeness (QED) is 0.306. The summed E-state index contributed by atoms with van der Waals surface area (Å²) in [5.74, 6) is 0.966. The number of piperidine rings is 1. The third kappa shape index (κ3) is 5.63. The first-order valence-electron chi connectivity index (χ1n) is 12.9. The molecule has 1 aliphatic rings. The van der Waals surface area contributed by atoms with E-state index in [0.717, 1.165) is 40.8 Å². The molecule has 3 aromatic carbocycles. The molecular weight excluding hydrogens is 450 g/mol. The van der Waals surface area contributed by atoms with E-state index in [1.54, 1.807) is 6.07 Å². The summed E-state index contributed by atoms with van der Waals surface area (Å²) in [6.07, 6.45) is 5.37. The van der Waals surface area contributed by atoms with Crippen molar-refractivity contribution in [1.82, 2.24) is 4.90 Å². The molecule has 5 nitrogen and oxygen atoms in total. The molecule has 1 aliphatic heterocycles. The van der Waals surface area contributed by atoms with Crippen molar-refractivity contribution in [3.8, 4) is 22.6 Å². The lowest BCUT2D eigenvalue weighted by Gasteiger charge is -2.26. The van der Waals surface area contributed by atoms with Crippen molar-refractivity contribution < 1.29 is 14.3 Å². The Bertz CT molecular complexity index is 1370. The summed E-state index contributed by atoms with van der Waals surface area (Å²) < 4.78 is 11.6. The number of likely N-dealkylation sites (tertiary alicyclic amines) is 1. The molecule has 36 heavy (non-hydrogen) atoms. The fourth-order valence-electron chi connectivity index (χ4n) is 5.02. The van der Waals surface area contributed by atoms with E-state index in [9.17, 15) is 9.90 Å². The molecule has 186 valence electrons. The van der Waals surface area contributed by atoms with Crippen molar-refractivity contribution in [3.05, 3.63) is 93.8 Å². The zero-order chi connectivity index (χ0) is 24.9. The van der Waals surface area contributed by atoms with Gasteiger partial charge >= 0.3 is 5.63 Å². The van der Waals surface area contributed by atoms with Crippen molar-refractivity contribution in [2.45, 2.75) is 39.0 Å². The first-order valence-corrected chi connectivity index (χ1v) is 12.9. The Balaban J connectivity index is 1.33. The topological polar surface area (TPSA) is 62.9 Å². The Morgan fingerprint density at radius 1 is 0.917 bits per heavy atom. The van der Waals surface area contributed by atoms with Crippen LogP contribution in [0.2, 0.25) is 0 Å². The standard InChI is InChI=1S/C31H33NO4/c1-22-5-10-24(11-6-22)30-28(27-16-12-25(33)21-29(27)36-31(30)34)15-9-23-7-13-26(14-8-23)35-20-19-32-17-3-2-4-18-32/h5-8,10-14,16,21,33H,2-4,9,15,17-20H2,1H3. The number of phenols is 1. The van der Waals surface area contributed by atoms with Crippen LogP contribution in [0.25, 0.3) is 22.1 Å². The molecule has 0 bridgehead atoms. The van der Waals surface area contributed by atoms with Crippen molar-refractivity contribution in [3.63, 3.8) is 0 Å². The summed E-state index contributed by atoms with van der Waals surface area (Å²) in [5.41, 5.74) is 4.70. The second kappa shape index (κ2) is 11.0. The van der Waals surface area contributed by atoms with Gasteiger partial charge in [-0.25, -0.2) is 4.79 Å². The van der Waals surface area contributed by atoms with Gasteiger partial charge in [-0.3, -0.25) is 4.90 Å². The number of benzene rings is 3. The highest BCUT2D eigenvalue weighted by Crippen LogP contribution is 2.31. The van der Waals surface area contributed by atoms with Gasteiger partial charge < -0.3 is 14.3 Å². The number of hydrogen-bond donors (Lipinski definition) is 1. The molecule has 1 fully saturated rings. The summed E-state index contributed by atoms with van der Waals surface area (Å²) in [5, 5.41) is 10.8. The highest BCUT2D eigenvalue weighted by atomic mass is 16.5. The highest BCUT2D eigenvalue weighted by Gasteiger charge is 2.17. The number of ether oxygens (including phenoxy) is 1. The van der Waals surface area contributed by atoms with Crippen LogP contribution in [0.15, 0.2) is 75.9 Å². The summed E-state index contributed by atoms with van der Waals surface area (Å²) in [4.78, 5) is 15.5. The van der Waals surface area contributed by atoms with Crippen LogP contribution in [0.5, 0.6) is 11.5 Å². The van der Waals surface area contributed by atoms with Crippen LogP contribution >= 0.6 is 0 Å². The molecule has 0 saturated carbocycles. The number of phenolic OH excluding ortho intramolecular Hbond substituents is 1. The minimum absolute atomic E-state index is 0.0792. The van der Waals surface area contributed by atoms with Gasteiger partial charge in [0.05, 0.1) is 5.56 Å². The van der Waals surface area contributed by atoms with E-state index in [2.05, 4.69) is 17.0 Å². The van der Waals surface area contributed by atoms with Crippen LogP contribution in [0.3, 0.4) is 0 Å². The Hall–Kier alpha value is -3.57. The van der Waals surface area contributed by atoms with E-state index in [1.165, 1.54) is 44.0 Å². The second-order valence-corrected chi connectivity index (χ2v) is 9.68. The molecule has 4 aromatic rings. The zero-order valence-corrected chi connectivity index (χ0v) is 20.8. The van der Waals surface area contributed by atoms with E-state index in [-0.39, 0.29) is 11.4 Å². The molecule has 5 heteroatoms. The van der Waals surface area contributed by atoms with Crippen molar-refractivity contribution in [2.75, 3.05) is 26.2 Å². The Morgan fingerprint density at radius 2 is 1.67 bits per heavy atom. The predicted octanol–water partition coefficient (Wildman–Crippen LogP) is 6.12. The minimum atomic E-state index is -0.385. The fraction of sp³-hybridized carbons (Fsp3) is 0.323. The van der Waals surface area contributed by atoms with Gasteiger partial charge in [-0.05, 0) is 86.7 Å². The summed E-state index contributed by atoms with van der Waals surface area (Å²) in [7, 11) is 0. The predicted molar refractivity (Wildman–Crippen MR) is 144 cm³/mol. The number of aromatic hydroxyl groups is 1. The van der Waals surface area contributed by atoms with Gasteiger partial charge in [-0.1, -0.05) is 48.4 Å². The van der Waals surface area contributed by atoms with Gasteiger partial charge in [0.1, 0.15) is 23.7 Å². The number of rotatable bonds is 8. The van der Waals surface area contributed by atoms with Gasteiger partial charge in [0.15, 0.2) is 0 Å². The lowest BCUT2D eigenvalue weighted by Crippen LogP contribution is -2.33. The van der Waals surface area contributed by atoms with Crippen molar-refractivity contribution in [1.29, 1.82) is 0 Å². The molecule has 1 aromatic heterocycles. The van der Waals surface area contributed by atoms with E-state index < -0.39 is 0 Å². The van der Waals surface area contributed by atoms with Crippen LogP contribution in [0, 0.1) is 6.92 Å². The van der Waals surface area contributed by atoms with Crippen LogP contribution in [-0.2, 0) is 12.8 Å². The smallest absolute Gasteiger partial charge is 0.344 e. The van der Waals surface area contributed by atoms with Gasteiger partial charge in [-0.2, -0.15) is 0 Å². The summed E-state index contributed by atoms with van der Waals surface area (Å²) in [6, 6.07) is 21.2.